The number of hydrogen-bond acceptors (Lipinski definition) is 3. The Kier molecular flexibility index (Phi) is 9.13. The van der Waals surface area contributed by atoms with Crippen molar-refractivity contribution in [3.05, 3.63) is 0 Å². The molecular weight excluding hydrogens is 484 g/mol. The number of hydrogen-bond donors (Lipinski definition) is 1. The first-order chi connectivity index (χ1) is 12.9. The molecule has 164 valence electrons. The molecule has 0 aromatic rings. The average molecular weight is 518 g/mol. The molecule has 9 heteroatoms. The Hall–Kier alpha value is -0.290. The fourth-order valence-electron chi connectivity index (χ4n) is 4.55. The lowest BCUT2D eigenvalue weighted by atomic mass is 9.87. The van der Waals surface area contributed by atoms with E-state index in [1.54, 1.807) is 0 Å². The second kappa shape index (κ2) is 10.7. The van der Waals surface area contributed by atoms with Gasteiger partial charge in [0.15, 0.2) is 5.96 Å². The number of likely N-dealkylation sites (tertiary alicyclic amines) is 2. The minimum Gasteiger partial charge on any atom is -0.381 e. The Balaban J connectivity index is 0.00000280. The van der Waals surface area contributed by atoms with Gasteiger partial charge in [0.05, 0.1) is 13.2 Å². The van der Waals surface area contributed by atoms with Crippen molar-refractivity contribution in [2.24, 2.45) is 16.3 Å². The highest BCUT2D eigenvalue weighted by Gasteiger charge is 2.42. The maximum Gasteiger partial charge on any atom is 0.401 e. The smallest absolute Gasteiger partial charge is 0.381 e. The van der Waals surface area contributed by atoms with Gasteiger partial charge in [-0.3, -0.25) is 9.89 Å². The predicted molar refractivity (Wildman–Crippen MR) is 115 cm³/mol. The Labute approximate surface area is 183 Å². The third kappa shape index (κ3) is 6.90. The van der Waals surface area contributed by atoms with Gasteiger partial charge in [-0.2, -0.15) is 13.2 Å². The highest BCUT2D eigenvalue weighted by Crippen LogP contribution is 2.38. The zero-order chi connectivity index (χ0) is 19.3. The van der Waals surface area contributed by atoms with Gasteiger partial charge in [0, 0.05) is 38.2 Å². The number of rotatable bonds is 5. The minimum absolute atomic E-state index is 0. The summed E-state index contributed by atoms with van der Waals surface area (Å²) < 4.78 is 43.0. The van der Waals surface area contributed by atoms with Crippen LogP contribution in [-0.2, 0) is 4.74 Å². The molecule has 3 fully saturated rings. The number of alkyl halides is 3. The highest BCUT2D eigenvalue weighted by atomic mass is 127. The zero-order valence-electron chi connectivity index (χ0n) is 16.8. The molecule has 3 saturated heterocycles. The van der Waals surface area contributed by atoms with E-state index in [4.69, 9.17) is 9.73 Å². The van der Waals surface area contributed by atoms with Crippen LogP contribution in [-0.4, -0.2) is 81.0 Å². The van der Waals surface area contributed by atoms with Crippen molar-refractivity contribution in [2.75, 3.05) is 59.0 Å². The fourth-order valence-corrected chi connectivity index (χ4v) is 4.55. The van der Waals surface area contributed by atoms with Crippen molar-refractivity contribution in [2.45, 2.75) is 45.2 Å². The van der Waals surface area contributed by atoms with Gasteiger partial charge >= 0.3 is 6.18 Å². The third-order valence-corrected chi connectivity index (χ3v) is 6.17. The molecule has 0 aromatic heterocycles. The molecule has 0 aromatic carbocycles. The number of nitrogens with zero attached hydrogens (tertiary/aromatic N) is 3. The first-order valence-corrected chi connectivity index (χ1v) is 10.3. The molecule has 0 amide bonds. The van der Waals surface area contributed by atoms with Gasteiger partial charge in [0.1, 0.15) is 0 Å². The molecule has 1 N–H and O–H groups in total. The van der Waals surface area contributed by atoms with E-state index in [2.05, 4.69) is 17.1 Å². The maximum absolute atomic E-state index is 12.5. The van der Waals surface area contributed by atoms with Crippen molar-refractivity contribution in [3.63, 3.8) is 0 Å². The molecule has 1 spiro atoms. The van der Waals surface area contributed by atoms with Crippen LogP contribution in [0.2, 0.25) is 0 Å². The van der Waals surface area contributed by atoms with Gasteiger partial charge < -0.3 is 15.0 Å². The van der Waals surface area contributed by atoms with Gasteiger partial charge in [-0.05, 0) is 58.0 Å². The lowest BCUT2D eigenvalue weighted by Crippen LogP contribution is -2.42. The Morgan fingerprint density at radius 3 is 2.57 bits per heavy atom. The van der Waals surface area contributed by atoms with Crippen molar-refractivity contribution in [1.29, 1.82) is 0 Å². The minimum atomic E-state index is -4.09. The van der Waals surface area contributed by atoms with E-state index in [1.807, 2.05) is 0 Å². The normalized spacial score (nSPS) is 27.4. The lowest BCUT2D eigenvalue weighted by Gasteiger charge is -2.32. The van der Waals surface area contributed by atoms with Crippen LogP contribution in [0.15, 0.2) is 4.99 Å². The van der Waals surface area contributed by atoms with Gasteiger partial charge in [-0.1, -0.05) is 0 Å². The van der Waals surface area contributed by atoms with Crippen LogP contribution < -0.4 is 5.32 Å². The van der Waals surface area contributed by atoms with Crippen molar-refractivity contribution < 1.29 is 17.9 Å². The van der Waals surface area contributed by atoms with Crippen LogP contribution >= 0.6 is 24.0 Å². The highest BCUT2D eigenvalue weighted by molar-refractivity contribution is 14.0. The molecule has 1 unspecified atom stereocenters. The molecule has 0 bridgehead atoms. The van der Waals surface area contributed by atoms with Crippen LogP contribution in [0.4, 0.5) is 13.2 Å². The van der Waals surface area contributed by atoms with Gasteiger partial charge in [0.2, 0.25) is 0 Å². The molecule has 3 aliphatic rings. The van der Waals surface area contributed by atoms with Crippen molar-refractivity contribution in [3.8, 4) is 0 Å². The Bertz CT molecular complexity index is 504. The number of nitrogens with one attached hydrogen (secondary N) is 1. The van der Waals surface area contributed by atoms with E-state index >= 15 is 0 Å². The first kappa shape index (κ1) is 24.0. The quantitative estimate of drug-likeness (QED) is 0.345. The standard InChI is InChI=1S/C19H33F3N4O.HI/c1-2-23-17(26-11-6-18(13-26)7-12-27-15-18)24-8-3-16-4-9-25(10-5-16)14-19(20,21)22;/h16H,2-15H2,1H3,(H,23,24);1H. The van der Waals surface area contributed by atoms with Crippen LogP contribution in [0.25, 0.3) is 0 Å². The topological polar surface area (TPSA) is 40.1 Å². The molecule has 5 nitrogen and oxygen atoms in total. The summed E-state index contributed by atoms with van der Waals surface area (Å²) >= 11 is 0. The Morgan fingerprint density at radius 1 is 1.21 bits per heavy atom. The summed E-state index contributed by atoms with van der Waals surface area (Å²) in [6.07, 6.45) is 0.846. The molecule has 1 atom stereocenters. The summed E-state index contributed by atoms with van der Waals surface area (Å²) in [7, 11) is 0. The molecule has 0 aliphatic carbocycles. The Morgan fingerprint density at radius 2 is 1.96 bits per heavy atom. The second-order valence-electron chi connectivity index (χ2n) is 8.33. The number of halogens is 4. The number of ether oxygens (including phenoxy) is 1. The van der Waals surface area contributed by atoms with Crippen LogP contribution in [0.5, 0.6) is 0 Å². The molecule has 28 heavy (non-hydrogen) atoms. The van der Waals surface area contributed by atoms with Gasteiger partial charge in [-0.15, -0.1) is 24.0 Å². The summed E-state index contributed by atoms with van der Waals surface area (Å²) in [5, 5.41) is 3.40. The molecule has 3 rings (SSSR count). The monoisotopic (exact) mass is 518 g/mol. The van der Waals surface area contributed by atoms with E-state index in [9.17, 15) is 13.2 Å². The molecule has 0 radical (unpaired) electrons. The number of guanidine groups is 1. The van der Waals surface area contributed by atoms with Crippen LogP contribution in [0.1, 0.15) is 39.0 Å². The number of aliphatic imine (C=N–C) groups is 1. The predicted octanol–water partition coefficient (Wildman–Crippen LogP) is 3.35. The summed E-state index contributed by atoms with van der Waals surface area (Å²) in [4.78, 5) is 8.70. The average Bonchev–Trinajstić information content (AvgIpc) is 3.25. The molecular formula is C19H34F3IN4O. The van der Waals surface area contributed by atoms with Gasteiger partial charge in [-0.25, -0.2) is 0 Å². The van der Waals surface area contributed by atoms with E-state index in [-0.39, 0.29) is 24.0 Å². The van der Waals surface area contributed by atoms with E-state index < -0.39 is 12.7 Å². The van der Waals surface area contributed by atoms with Crippen molar-refractivity contribution >= 4 is 29.9 Å². The summed E-state index contributed by atoms with van der Waals surface area (Å²) in [6, 6.07) is 0. The van der Waals surface area contributed by atoms with Crippen LogP contribution in [0, 0.1) is 11.3 Å². The lowest BCUT2D eigenvalue weighted by molar-refractivity contribution is -0.148. The van der Waals surface area contributed by atoms with E-state index in [0.717, 1.165) is 77.5 Å². The number of piperidine rings is 1. The molecule has 3 aliphatic heterocycles. The summed E-state index contributed by atoms with van der Waals surface area (Å²) in [5.41, 5.74) is 0.307. The van der Waals surface area contributed by atoms with E-state index in [1.165, 1.54) is 4.90 Å². The fraction of sp³-hybridized carbons (Fsp3) is 0.947. The van der Waals surface area contributed by atoms with E-state index in [0.29, 0.717) is 24.4 Å². The molecule has 3 heterocycles. The molecule has 0 saturated carbocycles. The first-order valence-electron chi connectivity index (χ1n) is 10.3. The van der Waals surface area contributed by atoms with Crippen molar-refractivity contribution in [1.82, 2.24) is 15.1 Å². The maximum atomic E-state index is 12.5. The second-order valence-corrected chi connectivity index (χ2v) is 8.33. The zero-order valence-corrected chi connectivity index (χ0v) is 19.1. The van der Waals surface area contributed by atoms with Crippen LogP contribution in [0.3, 0.4) is 0 Å². The summed E-state index contributed by atoms with van der Waals surface area (Å²) in [5.74, 6) is 1.46. The third-order valence-electron chi connectivity index (χ3n) is 6.17. The summed E-state index contributed by atoms with van der Waals surface area (Å²) in [6.45, 7) is 7.74. The SMILES string of the molecule is CCNC(=NCCC1CCN(CC(F)(F)F)CC1)N1CCC2(CCOC2)C1.I. The largest absolute Gasteiger partial charge is 0.401 e. The van der Waals surface area contributed by atoms with Gasteiger partial charge in [0.25, 0.3) is 0 Å².